The Balaban J connectivity index is 1.75. The Morgan fingerprint density at radius 1 is 1.33 bits per heavy atom. The van der Waals surface area contributed by atoms with Crippen LogP contribution < -0.4 is 10.6 Å². The molecule has 1 aromatic heterocycles. The van der Waals surface area contributed by atoms with Crippen LogP contribution in [0.4, 0.5) is 0 Å². The number of thiazole rings is 1. The van der Waals surface area contributed by atoms with Gasteiger partial charge in [-0.2, -0.15) is 0 Å². The molecule has 5 heteroatoms. The Morgan fingerprint density at radius 2 is 2.17 bits per heavy atom. The van der Waals surface area contributed by atoms with Crippen LogP contribution in [-0.2, 0) is 12.8 Å². The van der Waals surface area contributed by atoms with Gasteiger partial charge in [-0.25, -0.2) is 4.98 Å². The van der Waals surface area contributed by atoms with E-state index in [1.165, 1.54) is 16.1 Å². The van der Waals surface area contributed by atoms with Gasteiger partial charge in [0.05, 0.1) is 10.7 Å². The van der Waals surface area contributed by atoms with Crippen LogP contribution in [0, 0.1) is 6.92 Å². The standard InChI is InChI=1S/C19H28N4S/c1-5-18-23-17(13-24-18)9-10-21-19(20-4)22-12-15(3)16-8-6-7-14(2)11-16/h6-8,11,13,15H,5,9-10,12H2,1-4H3,(H2,20,21,22). The molecule has 2 aromatic rings. The van der Waals surface area contributed by atoms with Crippen LogP contribution in [0.15, 0.2) is 34.6 Å². The van der Waals surface area contributed by atoms with E-state index in [4.69, 9.17) is 0 Å². The van der Waals surface area contributed by atoms with Gasteiger partial charge < -0.3 is 10.6 Å². The van der Waals surface area contributed by atoms with Crippen LogP contribution in [-0.4, -0.2) is 31.1 Å². The van der Waals surface area contributed by atoms with Crippen LogP contribution in [0.2, 0.25) is 0 Å². The van der Waals surface area contributed by atoms with Crippen molar-refractivity contribution >= 4 is 17.3 Å². The molecule has 0 bridgehead atoms. The van der Waals surface area contributed by atoms with Crippen molar-refractivity contribution < 1.29 is 0 Å². The van der Waals surface area contributed by atoms with Gasteiger partial charge in [0.2, 0.25) is 0 Å². The van der Waals surface area contributed by atoms with Gasteiger partial charge in [0, 0.05) is 31.9 Å². The number of hydrogen-bond acceptors (Lipinski definition) is 3. The van der Waals surface area contributed by atoms with Gasteiger partial charge in [0.25, 0.3) is 0 Å². The lowest BCUT2D eigenvalue weighted by atomic mass is 9.99. The van der Waals surface area contributed by atoms with Gasteiger partial charge >= 0.3 is 0 Å². The highest BCUT2D eigenvalue weighted by Crippen LogP contribution is 2.15. The summed E-state index contributed by atoms with van der Waals surface area (Å²) in [7, 11) is 1.81. The number of aliphatic imine (C=N–C) groups is 1. The third-order valence-corrected chi connectivity index (χ3v) is 5.03. The quantitative estimate of drug-likeness (QED) is 0.597. The first-order valence-electron chi connectivity index (χ1n) is 8.56. The molecule has 0 spiro atoms. The fraction of sp³-hybridized carbons (Fsp3) is 0.474. The topological polar surface area (TPSA) is 49.3 Å². The molecule has 1 heterocycles. The molecule has 130 valence electrons. The average molecular weight is 345 g/mol. The zero-order chi connectivity index (χ0) is 17.4. The second-order valence-electron chi connectivity index (χ2n) is 6.03. The van der Waals surface area contributed by atoms with Crippen molar-refractivity contribution in [1.29, 1.82) is 0 Å². The van der Waals surface area contributed by atoms with Crippen molar-refractivity contribution in [3.8, 4) is 0 Å². The lowest BCUT2D eigenvalue weighted by molar-refractivity contribution is 0.696. The van der Waals surface area contributed by atoms with Crippen LogP contribution >= 0.6 is 11.3 Å². The molecule has 24 heavy (non-hydrogen) atoms. The van der Waals surface area contributed by atoms with Crippen LogP contribution in [0.3, 0.4) is 0 Å². The first-order chi connectivity index (χ1) is 11.6. The molecule has 0 saturated heterocycles. The minimum atomic E-state index is 0.439. The highest BCUT2D eigenvalue weighted by atomic mass is 32.1. The summed E-state index contributed by atoms with van der Waals surface area (Å²) in [6.07, 6.45) is 1.93. The second-order valence-corrected chi connectivity index (χ2v) is 6.97. The minimum absolute atomic E-state index is 0.439. The van der Waals surface area contributed by atoms with Crippen molar-refractivity contribution in [1.82, 2.24) is 15.6 Å². The van der Waals surface area contributed by atoms with Gasteiger partial charge in [-0.05, 0) is 24.8 Å². The molecule has 2 N–H and O–H groups in total. The Morgan fingerprint density at radius 3 is 2.83 bits per heavy atom. The maximum absolute atomic E-state index is 4.59. The van der Waals surface area contributed by atoms with Crippen molar-refractivity contribution in [3.05, 3.63) is 51.5 Å². The molecular weight excluding hydrogens is 316 g/mol. The summed E-state index contributed by atoms with van der Waals surface area (Å²) in [4.78, 5) is 8.89. The first kappa shape index (κ1) is 18.5. The number of aryl methyl sites for hydroxylation is 2. The van der Waals surface area contributed by atoms with E-state index in [1.807, 2.05) is 7.05 Å². The highest BCUT2D eigenvalue weighted by Gasteiger charge is 2.07. The van der Waals surface area contributed by atoms with Crippen molar-refractivity contribution in [3.63, 3.8) is 0 Å². The normalized spacial score (nSPS) is 12.9. The molecule has 0 amide bonds. The van der Waals surface area contributed by atoms with E-state index in [-0.39, 0.29) is 0 Å². The summed E-state index contributed by atoms with van der Waals surface area (Å²) in [5.41, 5.74) is 3.82. The first-order valence-corrected chi connectivity index (χ1v) is 9.44. The van der Waals surface area contributed by atoms with Gasteiger partial charge in [-0.15, -0.1) is 11.3 Å². The number of hydrogen-bond donors (Lipinski definition) is 2. The van der Waals surface area contributed by atoms with Crippen molar-refractivity contribution in [2.24, 2.45) is 4.99 Å². The van der Waals surface area contributed by atoms with Gasteiger partial charge in [0.15, 0.2) is 5.96 Å². The maximum atomic E-state index is 4.59. The van der Waals surface area contributed by atoms with Crippen LogP contribution in [0.25, 0.3) is 0 Å². The number of benzene rings is 1. The third-order valence-electron chi connectivity index (χ3n) is 3.99. The minimum Gasteiger partial charge on any atom is -0.356 e. The Hall–Kier alpha value is -1.88. The Labute approximate surface area is 149 Å². The van der Waals surface area contributed by atoms with E-state index in [1.54, 1.807) is 11.3 Å². The molecule has 1 atom stereocenters. The van der Waals surface area contributed by atoms with Crippen LogP contribution in [0.5, 0.6) is 0 Å². The fourth-order valence-corrected chi connectivity index (χ4v) is 3.28. The lowest BCUT2D eigenvalue weighted by Crippen LogP contribution is -2.39. The number of nitrogens with zero attached hydrogens (tertiary/aromatic N) is 2. The van der Waals surface area contributed by atoms with Crippen molar-refractivity contribution in [2.45, 2.75) is 39.5 Å². The monoisotopic (exact) mass is 344 g/mol. The summed E-state index contributed by atoms with van der Waals surface area (Å²) in [5, 5.41) is 10.1. The molecular formula is C19H28N4S. The third kappa shape index (κ3) is 5.64. The van der Waals surface area contributed by atoms with Gasteiger partial charge in [-0.1, -0.05) is 43.7 Å². The highest BCUT2D eigenvalue weighted by molar-refractivity contribution is 7.09. The zero-order valence-corrected chi connectivity index (χ0v) is 15.9. The van der Waals surface area contributed by atoms with Gasteiger partial charge in [-0.3, -0.25) is 4.99 Å². The molecule has 0 aliphatic carbocycles. The average Bonchev–Trinajstić information content (AvgIpc) is 3.05. The predicted molar refractivity (Wildman–Crippen MR) is 104 cm³/mol. The molecule has 4 nitrogen and oxygen atoms in total. The molecule has 0 aliphatic rings. The predicted octanol–water partition coefficient (Wildman–Crippen LogP) is 3.53. The zero-order valence-electron chi connectivity index (χ0n) is 15.1. The number of aromatic nitrogens is 1. The summed E-state index contributed by atoms with van der Waals surface area (Å²) in [6.45, 7) is 8.20. The van der Waals surface area contributed by atoms with E-state index in [0.717, 1.165) is 37.6 Å². The largest absolute Gasteiger partial charge is 0.356 e. The van der Waals surface area contributed by atoms with Crippen LogP contribution in [0.1, 0.15) is 41.6 Å². The fourth-order valence-electron chi connectivity index (χ4n) is 2.50. The summed E-state index contributed by atoms with van der Waals surface area (Å²) in [5.74, 6) is 1.29. The maximum Gasteiger partial charge on any atom is 0.191 e. The summed E-state index contributed by atoms with van der Waals surface area (Å²) >= 11 is 1.74. The molecule has 0 aliphatic heterocycles. The van der Waals surface area contributed by atoms with E-state index < -0.39 is 0 Å². The number of rotatable bonds is 7. The number of guanidine groups is 1. The molecule has 2 rings (SSSR count). The second kappa shape index (κ2) is 9.42. The van der Waals surface area contributed by atoms with E-state index >= 15 is 0 Å². The summed E-state index contributed by atoms with van der Waals surface area (Å²) in [6, 6.07) is 8.68. The smallest absolute Gasteiger partial charge is 0.191 e. The van der Waals surface area contributed by atoms with E-state index in [0.29, 0.717) is 5.92 Å². The van der Waals surface area contributed by atoms with E-state index in [2.05, 4.69) is 71.0 Å². The van der Waals surface area contributed by atoms with Gasteiger partial charge in [0.1, 0.15) is 0 Å². The molecule has 0 radical (unpaired) electrons. The number of nitrogens with one attached hydrogen (secondary N) is 2. The molecule has 1 aromatic carbocycles. The molecule has 0 fully saturated rings. The molecule has 0 saturated carbocycles. The lowest BCUT2D eigenvalue weighted by Gasteiger charge is -2.16. The molecule has 1 unspecified atom stereocenters. The SMILES string of the molecule is CCc1nc(CCNC(=NC)NCC(C)c2cccc(C)c2)cs1. The Kier molecular flexibility index (Phi) is 7.25. The van der Waals surface area contributed by atoms with E-state index in [9.17, 15) is 0 Å². The Bertz CT molecular complexity index is 663. The van der Waals surface area contributed by atoms with Crippen molar-refractivity contribution in [2.75, 3.05) is 20.1 Å². The summed E-state index contributed by atoms with van der Waals surface area (Å²) < 4.78 is 0.